The summed E-state index contributed by atoms with van der Waals surface area (Å²) in [6.45, 7) is 1.31. The van der Waals surface area contributed by atoms with E-state index in [1.165, 1.54) is 0 Å². The van der Waals surface area contributed by atoms with E-state index in [9.17, 15) is 14.4 Å². The zero-order chi connectivity index (χ0) is 25.2. The third kappa shape index (κ3) is 8.04. The third-order valence-electron chi connectivity index (χ3n) is 4.90. The van der Waals surface area contributed by atoms with Crippen molar-refractivity contribution in [2.24, 2.45) is 0 Å². The van der Waals surface area contributed by atoms with E-state index in [0.717, 1.165) is 5.75 Å². The Morgan fingerprint density at radius 2 is 1.43 bits per heavy atom. The number of esters is 1. The molecule has 0 heterocycles. The number of ether oxygens (including phenoxy) is 3. The summed E-state index contributed by atoms with van der Waals surface area (Å²) < 4.78 is 15.8. The Labute approximate surface area is 208 Å². The van der Waals surface area contributed by atoms with E-state index in [0.29, 0.717) is 33.5 Å². The molecule has 182 valence electrons. The molecule has 3 rings (SSSR count). The molecule has 0 aromatic heterocycles. The van der Waals surface area contributed by atoms with Crippen LogP contribution in [0.15, 0.2) is 66.7 Å². The summed E-state index contributed by atoms with van der Waals surface area (Å²) in [6, 6.07) is 19.1. The van der Waals surface area contributed by atoms with E-state index in [4.69, 9.17) is 25.8 Å². The van der Waals surface area contributed by atoms with E-state index in [-0.39, 0.29) is 18.7 Å². The molecule has 2 amide bonds. The smallest absolute Gasteiger partial charge is 0.306 e. The van der Waals surface area contributed by atoms with Gasteiger partial charge in [0.15, 0.2) is 6.61 Å². The summed E-state index contributed by atoms with van der Waals surface area (Å²) in [7, 11) is 1.59. The molecule has 0 saturated carbocycles. The van der Waals surface area contributed by atoms with Gasteiger partial charge in [-0.3, -0.25) is 14.4 Å². The van der Waals surface area contributed by atoms with Crippen molar-refractivity contribution >= 4 is 40.8 Å². The first-order valence-electron chi connectivity index (χ1n) is 10.8. The molecule has 3 aromatic rings. The second-order valence-electron chi connectivity index (χ2n) is 7.47. The Morgan fingerprint density at radius 3 is 2.09 bits per heavy atom. The Morgan fingerprint density at radius 1 is 0.800 bits per heavy atom. The van der Waals surface area contributed by atoms with Gasteiger partial charge in [-0.2, -0.15) is 0 Å². The van der Waals surface area contributed by atoms with Gasteiger partial charge in [-0.1, -0.05) is 17.7 Å². The molecule has 0 aliphatic carbocycles. The Bertz CT molecular complexity index is 1180. The first-order valence-corrected chi connectivity index (χ1v) is 11.1. The standard InChI is InChI=1S/C26H25ClN2O6/c1-17-22(27)4-3-5-23(17)29-25(31)16-34-26(32)15-14-24(30)28-18-6-8-20(9-7-18)35-21-12-10-19(33-2)11-13-21/h3-13H,14-16H2,1-2H3,(H,28,30)(H,29,31). The van der Waals surface area contributed by atoms with Gasteiger partial charge in [-0.05, 0) is 73.2 Å². The first-order chi connectivity index (χ1) is 16.8. The van der Waals surface area contributed by atoms with Crippen molar-refractivity contribution in [1.29, 1.82) is 0 Å². The Balaban J connectivity index is 1.37. The van der Waals surface area contributed by atoms with E-state index >= 15 is 0 Å². The van der Waals surface area contributed by atoms with Crippen molar-refractivity contribution in [1.82, 2.24) is 0 Å². The molecule has 3 aromatic carbocycles. The van der Waals surface area contributed by atoms with Crippen LogP contribution in [0.3, 0.4) is 0 Å². The van der Waals surface area contributed by atoms with Gasteiger partial charge < -0.3 is 24.8 Å². The fraction of sp³-hybridized carbons (Fsp3) is 0.192. The third-order valence-corrected chi connectivity index (χ3v) is 5.30. The summed E-state index contributed by atoms with van der Waals surface area (Å²) in [5.41, 5.74) is 1.81. The highest BCUT2D eigenvalue weighted by Crippen LogP contribution is 2.25. The second kappa shape index (κ2) is 12.4. The molecule has 0 fully saturated rings. The molecule has 8 nitrogen and oxygen atoms in total. The van der Waals surface area contributed by atoms with Gasteiger partial charge >= 0.3 is 5.97 Å². The molecule has 0 radical (unpaired) electrons. The minimum absolute atomic E-state index is 0.0854. The van der Waals surface area contributed by atoms with Crippen LogP contribution in [-0.4, -0.2) is 31.5 Å². The Kier molecular flexibility index (Phi) is 9.09. The predicted molar refractivity (Wildman–Crippen MR) is 133 cm³/mol. The lowest BCUT2D eigenvalue weighted by Crippen LogP contribution is -2.22. The van der Waals surface area contributed by atoms with Crippen LogP contribution in [0.5, 0.6) is 17.2 Å². The number of hydrogen-bond acceptors (Lipinski definition) is 6. The minimum atomic E-state index is -0.652. The second-order valence-corrected chi connectivity index (χ2v) is 7.88. The summed E-state index contributed by atoms with van der Waals surface area (Å²) >= 11 is 6.02. The van der Waals surface area contributed by atoms with E-state index < -0.39 is 18.5 Å². The zero-order valence-electron chi connectivity index (χ0n) is 19.3. The molecule has 0 atom stereocenters. The highest BCUT2D eigenvalue weighted by Gasteiger charge is 2.12. The van der Waals surface area contributed by atoms with Crippen molar-refractivity contribution in [3.8, 4) is 17.2 Å². The van der Waals surface area contributed by atoms with Crippen molar-refractivity contribution in [3.05, 3.63) is 77.3 Å². The number of hydrogen-bond donors (Lipinski definition) is 2. The number of amides is 2. The topological polar surface area (TPSA) is 103 Å². The number of benzene rings is 3. The van der Waals surface area contributed by atoms with Gasteiger partial charge in [0.25, 0.3) is 5.91 Å². The van der Waals surface area contributed by atoms with E-state index in [1.54, 1.807) is 80.8 Å². The predicted octanol–water partition coefficient (Wildman–Crippen LogP) is 5.35. The number of halogens is 1. The molecule has 35 heavy (non-hydrogen) atoms. The lowest BCUT2D eigenvalue weighted by molar-refractivity contribution is -0.147. The molecule has 0 bridgehead atoms. The lowest BCUT2D eigenvalue weighted by Gasteiger charge is -2.10. The number of anilines is 2. The van der Waals surface area contributed by atoms with Crippen LogP contribution < -0.4 is 20.1 Å². The number of carbonyl (C=O) groups is 3. The molecular weight excluding hydrogens is 472 g/mol. The molecule has 0 spiro atoms. The highest BCUT2D eigenvalue weighted by molar-refractivity contribution is 6.31. The molecule has 2 N–H and O–H groups in total. The normalized spacial score (nSPS) is 10.3. The van der Waals surface area contributed by atoms with Gasteiger partial charge in [0.1, 0.15) is 17.2 Å². The molecule has 0 aliphatic rings. The molecule has 0 saturated heterocycles. The number of rotatable bonds is 10. The van der Waals surface area contributed by atoms with E-state index in [2.05, 4.69) is 10.6 Å². The summed E-state index contributed by atoms with van der Waals surface area (Å²) in [5.74, 6) is 0.479. The maximum atomic E-state index is 12.1. The van der Waals surface area contributed by atoms with Crippen molar-refractivity contribution in [2.45, 2.75) is 19.8 Å². The van der Waals surface area contributed by atoms with Crippen LogP contribution in [-0.2, 0) is 19.1 Å². The summed E-state index contributed by atoms with van der Waals surface area (Å²) in [5, 5.41) is 5.85. The quantitative estimate of drug-likeness (QED) is 0.367. The van der Waals surface area contributed by atoms with Crippen LogP contribution in [0, 0.1) is 6.92 Å². The Hall–Kier alpha value is -4.04. The SMILES string of the molecule is COc1ccc(Oc2ccc(NC(=O)CCC(=O)OCC(=O)Nc3cccc(Cl)c3C)cc2)cc1. The number of methoxy groups -OCH3 is 1. The number of nitrogens with one attached hydrogen (secondary N) is 2. The monoisotopic (exact) mass is 496 g/mol. The van der Waals surface area contributed by atoms with Crippen molar-refractivity contribution < 1.29 is 28.6 Å². The summed E-state index contributed by atoms with van der Waals surface area (Å²) in [6.07, 6.45) is -0.244. The largest absolute Gasteiger partial charge is 0.497 e. The van der Waals surface area contributed by atoms with Crippen LogP contribution in [0.4, 0.5) is 11.4 Å². The fourth-order valence-electron chi connectivity index (χ4n) is 2.97. The lowest BCUT2D eigenvalue weighted by atomic mass is 10.2. The van der Waals surface area contributed by atoms with Crippen molar-refractivity contribution in [2.75, 3.05) is 24.4 Å². The van der Waals surface area contributed by atoms with Gasteiger partial charge in [0.2, 0.25) is 5.91 Å². The first kappa shape index (κ1) is 25.6. The van der Waals surface area contributed by atoms with E-state index in [1.807, 2.05) is 0 Å². The van der Waals surface area contributed by atoms with Gasteiger partial charge in [0, 0.05) is 22.8 Å². The zero-order valence-corrected chi connectivity index (χ0v) is 20.1. The molecule has 0 aliphatic heterocycles. The van der Waals surface area contributed by atoms with Gasteiger partial charge in [-0.15, -0.1) is 0 Å². The average molecular weight is 497 g/mol. The average Bonchev–Trinajstić information content (AvgIpc) is 2.86. The minimum Gasteiger partial charge on any atom is -0.497 e. The molecule has 9 heteroatoms. The maximum absolute atomic E-state index is 12.1. The van der Waals surface area contributed by atoms with Crippen LogP contribution >= 0.6 is 11.6 Å². The maximum Gasteiger partial charge on any atom is 0.306 e. The molecule has 0 unspecified atom stereocenters. The fourth-order valence-corrected chi connectivity index (χ4v) is 3.15. The van der Waals surface area contributed by atoms with Crippen LogP contribution in [0.2, 0.25) is 5.02 Å². The summed E-state index contributed by atoms with van der Waals surface area (Å²) in [4.78, 5) is 36.1. The van der Waals surface area contributed by atoms with Crippen molar-refractivity contribution in [3.63, 3.8) is 0 Å². The van der Waals surface area contributed by atoms with Gasteiger partial charge in [-0.25, -0.2) is 0 Å². The van der Waals surface area contributed by atoms with Gasteiger partial charge in [0.05, 0.1) is 13.5 Å². The molecular formula is C26H25ClN2O6. The van der Waals surface area contributed by atoms with Crippen LogP contribution in [0.1, 0.15) is 18.4 Å². The number of carbonyl (C=O) groups excluding carboxylic acids is 3. The highest BCUT2D eigenvalue weighted by atomic mass is 35.5. The van der Waals surface area contributed by atoms with Crippen LogP contribution in [0.25, 0.3) is 0 Å².